The second kappa shape index (κ2) is 10.5. The van der Waals surface area contributed by atoms with Crippen LogP contribution >= 0.6 is 23.1 Å². The Hall–Kier alpha value is -4.98. The number of nitrogens with zero attached hydrogens (tertiary/aromatic N) is 3. The lowest BCUT2D eigenvalue weighted by atomic mass is 10.1. The first-order chi connectivity index (χ1) is 19.8. The second-order valence-electron chi connectivity index (χ2n) is 9.38. The summed E-state index contributed by atoms with van der Waals surface area (Å²) in [6, 6.07) is 23.1. The van der Waals surface area contributed by atoms with E-state index >= 15 is 0 Å². The average Bonchev–Trinajstić information content (AvgIpc) is 3.62. The van der Waals surface area contributed by atoms with Crippen LogP contribution in [0, 0.1) is 25.2 Å². The maximum atomic E-state index is 12.9. The number of furan rings is 1. The molecule has 8 nitrogen and oxygen atoms in total. The predicted octanol–water partition coefficient (Wildman–Crippen LogP) is 7.00. The first kappa shape index (κ1) is 26.3. The summed E-state index contributed by atoms with van der Waals surface area (Å²) >= 11 is 2.69. The van der Waals surface area contributed by atoms with Gasteiger partial charge in [0.2, 0.25) is 0 Å². The molecular formula is C31H20N4O4S2. The van der Waals surface area contributed by atoms with E-state index < -0.39 is 5.91 Å². The first-order valence-electron chi connectivity index (χ1n) is 12.5. The van der Waals surface area contributed by atoms with E-state index in [1.807, 2.05) is 38.1 Å². The molecule has 6 rings (SSSR count). The van der Waals surface area contributed by atoms with Crippen LogP contribution in [0.25, 0.3) is 16.3 Å². The molecule has 3 aromatic carbocycles. The van der Waals surface area contributed by atoms with Crippen LogP contribution in [-0.4, -0.2) is 22.7 Å². The van der Waals surface area contributed by atoms with Gasteiger partial charge in [-0.2, -0.15) is 5.26 Å². The molecule has 200 valence electrons. The Morgan fingerprint density at radius 1 is 1.00 bits per heavy atom. The average molecular weight is 577 g/mol. The number of imide groups is 1. The van der Waals surface area contributed by atoms with Gasteiger partial charge in [-0.1, -0.05) is 18.2 Å². The zero-order valence-electron chi connectivity index (χ0n) is 21.8. The molecular weight excluding hydrogens is 556 g/mol. The number of fused-ring (bicyclic) bond motifs is 2. The largest absolute Gasteiger partial charge is 0.450 e. The third kappa shape index (κ3) is 5.16. The zero-order valence-corrected chi connectivity index (χ0v) is 23.4. The van der Waals surface area contributed by atoms with Crippen molar-refractivity contribution >= 4 is 68.5 Å². The number of anilines is 2. The summed E-state index contributed by atoms with van der Waals surface area (Å²) in [5.74, 6) is -0.865. The molecule has 3 heterocycles. The summed E-state index contributed by atoms with van der Waals surface area (Å²) in [5, 5.41) is 12.9. The molecule has 1 N–H and O–H groups in total. The van der Waals surface area contributed by atoms with E-state index in [0.717, 1.165) is 21.3 Å². The number of benzene rings is 3. The topological polar surface area (TPSA) is 116 Å². The molecule has 0 radical (unpaired) electrons. The number of thiazole rings is 1. The fraction of sp³-hybridized carbons (Fsp3) is 0.0645. The molecule has 10 heteroatoms. The van der Waals surface area contributed by atoms with Crippen molar-refractivity contribution in [2.24, 2.45) is 0 Å². The summed E-state index contributed by atoms with van der Waals surface area (Å²) < 4.78 is 7.35. The number of rotatable bonds is 6. The molecule has 0 spiro atoms. The van der Waals surface area contributed by atoms with Crippen LogP contribution in [0.3, 0.4) is 0 Å². The number of carbonyl (C=O) groups excluding carboxylic acids is 3. The van der Waals surface area contributed by atoms with Gasteiger partial charge < -0.3 is 9.73 Å². The van der Waals surface area contributed by atoms with Gasteiger partial charge in [0.05, 0.1) is 27.0 Å². The van der Waals surface area contributed by atoms with Gasteiger partial charge in [-0.05, 0) is 91.3 Å². The quantitative estimate of drug-likeness (QED) is 0.131. The molecule has 41 heavy (non-hydrogen) atoms. The number of aromatic nitrogens is 1. The summed E-state index contributed by atoms with van der Waals surface area (Å²) in [6.45, 7) is 3.87. The van der Waals surface area contributed by atoms with E-state index in [0.29, 0.717) is 37.7 Å². The summed E-state index contributed by atoms with van der Waals surface area (Å²) in [5.41, 5.74) is 4.53. The fourth-order valence-electron chi connectivity index (χ4n) is 4.59. The number of hydrogen-bond donors (Lipinski definition) is 1. The van der Waals surface area contributed by atoms with Crippen LogP contribution in [-0.2, 0) is 4.79 Å². The molecule has 0 saturated heterocycles. The predicted molar refractivity (Wildman–Crippen MR) is 158 cm³/mol. The van der Waals surface area contributed by atoms with Gasteiger partial charge in [0.1, 0.15) is 17.4 Å². The lowest BCUT2D eigenvalue weighted by Crippen LogP contribution is -2.29. The van der Waals surface area contributed by atoms with Gasteiger partial charge in [-0.25, -0.2) is 9.88 Å². The Morgan fingerprint density at radius 3 is 2.39 bits per heavy atom. The highest BCUT2D eigenvalue weighted by Crippen LogP contribution is 2.38. The number of nitrogens with one attached hydrogen (secondary N) is 1. The van der Waals surface area contributed by atoms with Gasteiger partial charge in [-0.3, -0.25) is 14.4 Å². The monoisotopic (exact) mass is 576 g/mol. The molecule has 1 aliphatic rings. The number of hydrogen-bond acceptors (Lipinski definition) is 8. The maximum Gasteiger partial charge on any atom is 0.266 e. The third-order valence-corrected chi connectivity index (χ3v) is 8.33. The SMILES string of the molecule is Cc1cc(C)cc(NC(=O)/C(C#N)=C/c2ccc(Sc3nc4ccc(N5C(=O)c6ccccc6C5=O)cc4s3)o2)c1. The summed E-state index contributed by atoms with van der Waals surface area (Å²) in [7, 11) is 0. The highest BCUT2D eigenvalue weighted by molar-refractivity contribution is 8.01. The summed E-state index contributed by atoms with van der Waals surface area (Å²) in [4.78, 5) is 44.3. The Morgan fingerprint density at radius 2 is 1.71 bits per heavy atom. The summed E-state index contributed by atoms with van der Waals surface area (Å²) in [6.07, 6.45) is 1.40. The fourth-order valence-corrected chi connectivity index (χ4v) is 6.59. The Bertz CT molecular complexity index is 1910. The standard InChI is InChI=1S/C31H20N4O4S2/c1-17-11-18(2)13-20(12-17)33-28(36)19(16-32)14-22-8-10-27(39-22)41-31-34-25-9-7-21(15-26(25)40-31)35-29(37)23-5-3-4-6-24(23)30(35)38/h3-15H,1-2H3,(H,33,36)/b19-14+. The number of amides is 3. The minimum atomic E-state index is -0.525. The van der Waals surface area contributed by atoms with E-state index in [1.165, 1.54) is 34.1 Å². The molecule has 0 saturated carbocycles. The number of nitriles is 1. The van der Waals surface area contributed by atoms with Gasteiger partial charge in [0.25, 0.3) is 17.7 Å². The van der Waals surface area contributed by atoms with Crippen molar-refractivity contribution in [2.75, 3.05) is 10.2 Å². The van der Waals surface area contributed by atoms with E-state index in [1.54, 1.807) is 54.6 Å². The van der Waals surface area contributed by atoms with Crippen LogP contribution in [0.2, 0.25) is 0 Å². The van der Waals surface area contributed by atoms with E-state index in [-0.39, 0.29) is 17.4 Å². The van der Waals surface area contributed by atoms with Crippen LogP contribution in [0.4, 0.5) is 11.4 Å². The van der Waals surface area contributed by atoms with E-state index in [4.69, 9.17) is 4.42 Å². The lowest BCUT2D eigenvalue weighted by Gasteiger charge is -2.13. The number of aryl methyl sites for hydroxylation is 2. The van der Waals surface area contributed by atoms with Gasteiger partial charge in [0, 0.05) is 11.8 Å². The second-order valence-corrected chi connectivity index (χ2v) is 11.7. The highest BCUT2D eigenvalue weighted by atomic mass is 32.2. The Kier molecular flexibility index (Phi) is 6.75. The van der Waals surface area contributed by atoms with Crippen molar-refractivity contribution in [3.05, 3.63) is 106 Å². The molecule has 0 atom stereocenters. The minimum absolute atomic E-state index is 0.0873. The van der Waals surface area contributed by atoms with Crippen LogP contribution in [0.15, 0.2) is 92.2 Å². The molecule has 1 aliphatic heterocycles. The molecule has 0 aliphatic carbocycles. The van der Waals surface area contributed by atoms with Gasteiger partial charge in [0.15, 0.2) is 9.43 Å². The molecule has 3 amide bonds. The van der Waals surface area contributed by atoms with Crippen molar-refractivity contribution in [3.63, 3.8) is 0 Å². The van der Waals surface area contributed by atoms with Crippen molar-refractivity contribution in [2.45, 2.75) is 23.3 Å². The van der Waals surface area contributed by atoms with Crippen molar-refractivity contribution in [3.8, 4) is 6.07 Å². The Labute approximate surface area is 242 Å². The molecule has 0 unspecified atom stereocenters. The van der Waals surface area contributed by atoms with Crippen LogP contribution in [0.1, 0.15) is 37.6 Å². The minimum Gasteiger partial charge on any atom is -0.450 e. The van der Waals surface area contributed by atoms with Crippen molar-refractivity contribution < 1.29 is 18.8 Å². The first-order valence-corrected chi connectivity index (χ1v) is 14.1. The molecule has 5 aromatic rings. The van der Waals surface area contributed by atoms with Crippen LogP contribution in [0.5, 0.6) is 0 Å². The van der Waals surface area contributed by atoms with Crippen molar-refractivity contribution in [1.29, 1.82) is 5.26 Å². The lowest BCUT2D eigenvalue weighted by molar-refractivity contribution is -0.112. The Balaban J connectivity index is 1.18. The molecule has 2 aromatic heterocycles. The van der Waals surface area contributed by atoms with Gasteiger partial charge in [-0.15, -0.1) is 11.3 Å². The van der Waals surface area contributed by atoms with Crippen LogP contribution < -0.4 is 10.2 Å². The molecule has 0 bridgehead atoms. The van der Waals surface area contributed by atoms with E-state index in [2.05, 4.69) is 10.3 Å². The highest BCUT2D eigenvalue weighted by Gasteiger charge is 2.36. The number of carbonyl (C=O) groups is 3. The molecule has 0 fully saturated rings. The normalized spacial score (nSPS) is 13.0. The zero-order chi connectivity index (χ0) is 28.7. The third-order valence-electron chi connectivity index (χ3n) is 6.33. The van der Waals surface area contributed by atoms with Gasteiger partial charge >= 0.3 is 0 Å². The smallest absolute Gasteiger partial charge is 0.266 e. The maximum absolute atomic E-state index is 12.9. The van der Waals surface area contributed by atoms with Crippen molar-refractivity contribution in [1.82, 2.24) is 4.98 Å². The van der Waals surface area contributed by atoms with E-state index in [9.17, 15) is 19.6 Å².